The zero-order valence-electron chi connectivity index (χ0n) is 16.0. The molecule has 0 saturated carbocycles. The molecule has 146 valence electrons. The Bertz CT molecular complexity index is 1250. The fraction of sp³-hybridized carbons (Fsp3) is 0.136. The molecule has 3 aromatic carbocycles. The number of hydrogen-bond donors (Lipinski definition) is 2. The lowest BCUT2D eigenvalue weighted by atomic mass is 10.1. The van der Waals surface area contributed by atoms with E-state index in [4.69, 9.17) is 4.74 Å². The van der Waals surface area contributed by atoms with Gasteiger partial charge in [0.05, 0.1) is 12.6 Å². The van der Waals surface area contributed by atoms with Crippen LogP contribution in [0.25, 0.3) is 21.7 Å². The van der Waals surface area contributed by atoms with Gasteiger partial charge in [0.2, 0.25) is 0 Å². The number of aromatic carboxylic acids is 1. The number of amides is 1. The van der Waals surface area contributed by atoms with E-state index in [1.165, 1.54) is 0 Å². The lowest BCUT2D eigenvalue weighted by Crippen LogP contribution is -2.26. The van der Waals surface area contributed by atoms with Crippen molar-refractivity contribution in [2.75, 3.05) is 14.2 Å². The highest BCUT2D eigenvalue weighted by Gasteiger charge is 2.17. The van der Waals surface area contributed by atoms with Crippen molar-refractivity contribution in [1.29, 1.82) is 0 Å². The highest BCUT2D eigenvalue weighted by molar-refractivity contribution is 6.04. The topological polar surface area (TPSA) is 95.5 Å². The number of methoxy groups -OCH3 is 1. The van der Waals surface area contributed by atoms with Crippen LogP contribution in [0, 0.1) is 0 Å². The summed E-state index contributed by atoms with van der Waals surface area (Å²) in [5.41, 5.74) is 1.89. The van der Waals surface area contributed by atoms with Gasteiger partial charge in [-0.1, -0.05) is 18.2 Å². The van der Waals surface area contributed by atoms with Crippen molar-refractivity contribution in [2.24, 2.45) is 0 Å². The van der Waals surface area contributed by atoms with Gasteiger partial charge in [-0.3, -0.25) is 9.89 Å². The number of carboxylic acid groups (broad SMARTS) is 1. The molecule has 0 unspecified atom stereocenters. The zero-order chi connectivity index (χ0) is 20.5. The largest absolute Gasteiger partial charge is 0.497 e. The van der Waals surface area contributed by atoms with Crippen LogP contribution in [-0.4, -0.2) is 46.2 Å². The molecule has 0 radical (unpaired) electrons. The Morgan fingerprint density at radius 1 is 1.07 bits per heavy atom. The SMILES string of the molecule is COc1ccc2cc(CN(C)C(=O)c3ccc4[nH]nc(C(=O)O)c4c3)ccc2c1. The number of H-pyrrole nitrogens is 1. The predicted octanol–water partition coefficient (Wildman–Crippen LogP) is 3.70. The number of hydrogen-bond acceptors (Lipinski definition) is 4. The van der Waals surface area contributed by atoms with Crippen LogP contribution in [0.4, 0.5) is 0 Å². The number of carboxylic acids is 1. The van der Waals surface area contributed by atoms with Crippen LogP contribution >= 0.6 is 0 Å². The molecule has 4 aromatic rings. The number of nitrogens with zero attached hydrogens (tertiary/aromatic N) is 2. The second-order valence-corrected chi connectivity index (χ2v) is 6.85. The van der Waals surface area contributed by atoms with Gasteiger partial charge in [0, 0.05) is 24.5 Å². The molecule has 0 spiro atoms. The molecule has 7 heteroatoms. The molecule has 0 aliphatic rings. The Balaban J connectivity index is 1.58. The van der Waals surface area contributed by atoms with Crippen LogP contribution in [0.1, 0.15) is 26.4 Å². The van der Waals surface area contributed by atoms with Crippen molar-refractivity contribution in [3.05, 3.63) is 71.4 Å². The van der Waals surface area contributed by atoms with Crippen molar-refractivity contribution in [3.63, 3.8) is 0 Å². The molecular formula is C22H19N3O4. The number of carbonyl (C=O) groups excluding carboxylic acids is 1. The van der Waals surface area contributed by atoms with Crippen molar-refractivity contribution < 1.29 is 19.4 Å². The first kappa shape index (κ1) is 18.5. The molecule has 7 nitrogen and oxygen atoms in total. The van der Waals surface area contributed by atoms with Crippen molar-refractivity contribution in [3.8, 4) is 5.75 Å². The van der Waals surface area contributed by atoms with Gasteiger partial charge in [0.15, 0.2) is 5.69 Å². The van der Waals surface area contributed by atoms with Gasteiger partial charge in [0.25, 0.3) is 5.91 Å². The Hall–Kier alpha value is -3.87. The smallest absolute Gasteiger partial charge is 0.357 e. The number of fused-ring (bicyclic) bond motifs is 2. The fourth-order valence-corrected chi connectivity index (χ4v) is 3.37. The fourth-order valence-electron chi connectivity index (χ4n) is 3.37. The summed E-state index contributed by atoms with van der Waals surface area (Å²) in [6, 6.07) is 16.8. The van der Waals surface area contributed by atoms with Crippen LogP contribution < -0.4 is 4.74 Å². The van der Waals surface area contributed by atoms with E-state index in [1.807, 2.05) is 36.4 Å². The van der Waals surface area contributed by atoms with Gasteiger partial charge < -0.3 is 14.7 Å². The highest BCUT2D eigenvalue weighted by Crippen LogP contribution is 2.23. The van der Waals surface area contributed by atoms with E-state index in [9.17, 15) is 14.7 Å². The minimum atomic E-state index is -1.14. The van der Waals surface area contributed by atoms with Crippen molar-refractivity contribution >= 4 is 33.6 Å². The summed E-state index contributed by atoms with van der Waals surface area (Å²) in [5.74, 6) is -0.533. The zero-order valence-corrected chi connectivity index (χ0v) is 16.0. The van der Waals surface area contributed by atoms with Crippen molar-refractivity contribution in [2.45, 2.75) is 6.54 Å². The molecule has 0 saturated heterocycles. The normalized spacial score (nSPS) is 11.0. The number of ether oxygens (including phenoxy) is 1. The van der Waals surface area contributed by atoms with E-state index in [1.54, 1.807) is 37.3 Å². The third kappa shape index (κ3) is 3.50. The molecule has 0 bridgehead atoms. The first-order chi connectivity index (χ1) is 14.0. The van der Waals surface area contributed by atoms with Crippen LogP contribution in [-0.2, 0) is 6.54 Å². The Labute approximate surface area is 166 Å². The summed E-state index contributed by atoms with van der Waals surface area (Å²) in [6.45, 7) is 0.427. The second-order valence-electron chi connectivity index (χ2n) is 6.85. The maximum absolute atomic E-state index is 12.9. The van der Waals surface area contributed by atoms with E-state index in [2.05, 4.69) is 10.2 Å². The standard InChI is InChI=1S/C22H19N3O4/c1-25(12-13-3-4-15-10-17(29-2)7-5-14(15)9-13)21(26)16-6-8-19-18(11-16)20(22(27)28)24-23-19/h3-11H,12H2,1-2H3,(H,23,24)(H,27,28). The summed E-state index contributed by atoms with van der Waals surface area (Å²) in [5, 5.41) is 18.2. The van der Waals surface area contributed by atoms with Crippen molar-refractivity contribution in [1.82, 2.24) is 15.1 Å². The van der Waals surface area contributed by atoms with Gasteiger partial charge in [-0.05, 0) is 52.7 Å². The third-order valence-electron chi connectivity index (χ3n) is 4.89. The number of aromatic nitrogens is 2. The highest BCUT2D eigenvalue weighted by atomic mass is 16.5. The molecule has 1 amide bonds. The molecule has 4 rings (SSSR count). The maximum Gasteiger partial charge on any atom is 0.357 e. The van der Waals surface area contributed by atoms with Gasteiger partial charge in [-0.2, -0.15) is 5.10 Å². The van der Waals surface area contributed by atoms with E-state index in [-0.39, 0.29) is 11.6 Å². The average Bonchev–Trinajstić information content (AvgIpc) is 3.16. The molecule has 0 aliphatic heterocycles. The molecule has 1 aromatic heterocycles. The molecular weight excluding hydrogens is 370 g/mol. The number of nitrogens with one attached hydrogen (secondary N) is 1. The summed E-state index contributed by atoms with van der Waals surface area (Å²) < 4.78 is 5.25. The van der Waals surface area contributed by atoms with Crippen LogP contribution in [0.5, 0.6) is 5.75 Å². The summed E-state index contributed by atoms with van der Waals surface area (Å²) in [4.78, 5) is 25.8. The van der Waals surface area contributed by atoms with E-state index in [0.29, 0.717) is 23.0 Å². The monoisotopic (exact) mass is 389 g/mol. The average molecular weight is 389 g/mol. The number of benzene rings is 3. The van der Waals surface area contributed by atoms with Gasteiger partial charge in [-0.15, -0.1) is 0 Å². The number of aromatic amines is 1. The van der Waals surface area contributed by atoms with Gasteiger partial charge in [0.1, 0.15) is 5.75 Å². The minimum Gasteiger partial charge on any atom is -0.497 e. The quantitative estimate of drug-likeness (QED) is 0.543. The lowest BCUT2D eigenvalue weighted by Gasteiger charge is -2.18. The molecule has 29 heavy (non-hydrogen) atoms. The van der Waals surface area contributed by atoms with Crippen LogP contribution in [0.2, 0.25) is 0 Å². The molecule has 1 heterocycles. The van der Waals surface area contributed by atoms with E-state index in [0.717, 1.165) is 22.1 Å². The molecule has 0 fully saturated rings. The number of rotatable bonds is 5. The van der Waals surface area contributed by atoms with Crippen LogP contribution in [0.15, 0.2) is 54.6 Å². The third-order valence-corrected chi connectivity index (χ3v) is 4.89. The van der Waals surface area contributed by atoms with E-state index < -0.39 is 5.97 Å². The predicted molar refractivity (Wildman–Crippen MR) is 109 cm³/mol. The second kappa shape index (κ2) is 7.27. The van der Waals surface area contributed by atoms with E-state index >= 15 is 0 Å². The first-order valence-electron chi connectivity index (χ1n) is 9.00. The summed E-state index contributed by atoms with van der Waals surface area (Å²) in [7, 11) is 3.36. The summed E-state index contributed by atoms with van der Waals surface area (Å²) >= 11 is 0. The number of carbonyl (C=O) groups is 2. The minimum absolute atomic E-state index is 0.0951. The first-order valence-corrected chi connectivity index (χ1v) is 9.00. The maximum atomic E-state index is 12.9. The Kier molecular flexibility index (Phi) is 4.64. The van der Waals surface area contributed by atoms with Crippen LogP contribution in [0.3, 0.4) is 0 Å². The summed E-state index contributed by atoms with van der Waals surface area (Å²) in [6.07, 6.45) is 0. The molecule has 0 atom stereocenters. The van der Waals surface area contributed by atoms with Gasteiger partial charge >= 0.3 is 5.97 Å². The van der Waals surface area contributed by atoms with Gasteiger partial charge in [-0.25, -0.2) is 4.79 Å². The lowest BCUT2D eigenvalue weighted by molar-refractivity contribution is 0.0691. The Morgan fingerprint density at radius 3 is 2.59 bits per heavy atom. The Morgan fingerprint density at radius 2 is 1.83 bits per heavy atom. The molecule has 2 N–H and O–H groups in total. The molecule has 0 aliphatic carbocycles.